The maximum absolute atomic E-state index is 13.1. The number of piperidine rings is 3. The average Bonchev–Trinajstić information content (AvgIpc) is 3.18. The van der Waals surface area contributed by atoms with Gasteiger partial charge in [0, 0.05) is 18.8 Å². The fourth-order valence-electron chi connectivity index (χ4n) is 4.87. The molecule has 7 rings (SSSR count). The summed E-state index contributed by atoms with van der Waals surface area (Å²) in [7, 11) is 0. The highest BCUT2D eigenvalue weighted by atomic mass is 16.1. The Morgan fingerprint density at radius 1 is 1.07 bits per heavy atom. The number of fused-ring (bicyclic) bond motifs is 5. The van der Waals surface area contributed by atoms with Crippen LogP contribution in [0.25, 0.3) is 33.5 Å². The second kappa shape index (κ2) is 6.53. The molecule has 1 aromatic carbocycles. The van der Waals surface area contributed by atoms with Crippen LogP contribution in [0.3, 0.4) is 0 Å². The lowest BCUT2D eigenvalue weighted by molar-refractivity contribution is 0.0976. The molecule has 0 aliphatic carbocycles. The van der Waals surface area contributed by atoms with Gasteiger partial charge in [0.05, 0.1) is 22.1 Å². The summed E-state index contributed by atoms with van der Waals surface area (Å²) >= 11 is 0. The lowest BCUT2D eigenvalue weighted by Gasteiger charge is -2.45. The molecule has 0 spiro atoms. The van der Waals surface area contributed by atoms with Gasteiger partial charge >= 0.3 is 5.69 Å². The third-order valence-electron chi connectivity index (χ3n) is 6.41. The van der Waals surface area contributed by atoms with E-state index in [9.17, 15) is 9.59 Å². The van der Waals surface area contributed by atoms with Crippen molar-refractivity contribution in [2.24, 2.45) is 5.92 Å². The maximum Gasteiger partial charge on any atom is 0.346 e. The van der Waals surface area contributed by atoms with Crippen molar-refractivity contribution in [2.45, 2.75) is 18.9 Å². The minimum Gasteiger partial charge on any atom is -0.379 e. The molecule has 30 heavy (non-hydrogen) atoms. The number of H-pyrrole nitrogens is 3. The molecule has 152 valence electrons. The molecule has 4 N–H and O–H groups in total. The molecule has 2 bridgehead atoms. The Balaban J connectivity index is 1.56. The van der Waals surface area contributed by atoms with Crippen LogP contribution in [0.4, 0.5) is 5.69 Å². The van der Waals surface area contributed by atoms with Crippen LogP contribution >= 0.6 is 0 Å². The Kier molecular flexibility index (Phi) is 3.79. The van der Waals surface area contributed by atoms with Gasteiger partial charge < -0.3 is 20.2 Å². The van der Waals surface area contributed by atoms with Gasteiger partial charge in [-0.3, -0.25) is 9.78 Å². The molecule has 3 aliphatic heterocycles. The Labute approximate surface area is 170 Å². The van der Waals surface area contributed by atoms with E-state index in [-0.39, 0.29) is 11.6 Å². The molecule has 6 heterocycles. The predicted molar refractivity (Wildman–Crippen MR) is 115 cm³/mol. The molecule has 3 saturated heterocycles. The van der Waals surface area contributed by atoms with Gasteiger partial charge in [0.15, 0.2) is 0 Å². The van der Waals surface area contributed by atoms with E-state index in [0.717, 1.165) is 43.5 Å². The van der Waals surface area contributed by atoms with Crippen molar-refractivity contribution in [2.75, 3.05) is 25.0 Å². The molecular formula is C21H21N7O2. The highest BCUT2D eigenvalue weighted by molar-refractivity contribution is 5.97. The van der Waals surface area contributed by atoms with Crippen LogP contribution in [0.5, 0.6) is 0 Å². The summed E-state index contributed by atoms with van der Waals surface area (Å²) in [4.78, 5) is 44.6. The van der Waals surface area contributed by atoms with E-state index in [2.05, 4.69) is 35.1 Å². The predicted octanol–water partition coefficient (Wildman–Crippen LogP) is 1.66. The van der Waals surface area contributed by atoms with E-state index in [4.69, 9.17) is 0 Å². The van der Waals surface area contributed by atoms with Crippen molar-refractivity contribution >= 4 is 27.8 Å². The zero-order valence-electron chi connectivity index (χ0n) is 16.2. The summed E-state index contributed by atoms with van der Waals surface area (Å²) < 4.78 is 0. The second-order valence-corrected chi connectivity index (χ2v) is 8.17. The molecule has 4 aromatic rings. The van der Waals surface area contributed by atoms with Crippen LogP contribution in [0.1, 0.15) is 12.8 Å². The molecular weight excluding hydrogens is 382 g/mol. The van der Waals surface area contributed by atoms with Crippen molar-refractivity contribution in [3.05, 3.63) is 51.3 Å². The number of para-hydroxylation sites is 2. The molecule has 9 heteroatoms. The summed E-state index contributed by atoms with van der Waals surface area (Å²) in [5.74, 6) is 1.05. The molecule has 1 unspecified atom stereocenters. The van der Waals surface area contributed by atoms with Gasteiger partial charge in [-0.15, -0.1) is 0 Å². The van der Waals surface area contributed by atoms with Gasteiger partial charge in [0.1, 0.15) is 17.0 Å². The number of nitrogens with zero attached hydrogens (tertiary/aromatic N) is 3. The normalized spacial score (nSPS) is 23.3. The Hall–Kier alpha value is -3.46. The lowest BCUT2D eigenvalue weighted by Crippen LogP contribution is -2.53. The fraction of sp³-hybridized carbons (Fsp3) is 0.333. The second-order valence-electron chi connectivity index (χ2n) is 8.17. The number of aromatic nitrogens is 5. The largest absolute Gasteiger partial charge is 0.379 e. The van der Waals surface area contributed by atoms with Gasteiger partial charge in [-0.05, 0) is 44.0 Å². The number of aromatic amines is 3. The van der Waals surface area contributed by atoms with E-state index in [1.165, 1.54) is 6.20 Å². The topological polar surface area (TPSA) is 123 Å². The van der Waals surface area contributed by atoms with Crippen molar-refractivity contribution in [1.82, 2.24) is 29.8 Å². The number of imidazole rings is 1. The zero-order chi connectivity index (χ0) is 20.2. The van der Waals surface area contributed by atoms with E-state index >= 15 is 0 Å². The van der Waals surface area contributed by atoms with Gasteiger partial charge in [0.25, 0.3) is 5.56 Å². The number of pyridine rings is 1. The highest BCUT2D eigenvalue weighted by Gasteiger charge is 2.35. The number of rotatable bonds is 3. The standard InChI is InChI=1S/C21H21N7O2/c29-20-16(19-24-13-3-1-2-4-14(13)25-19)17(12-9-22-21(30)27-18(12)26-20)23-15-10-28-7-5-11(15)6-8-28/h1-4,9,11,15H,5-8,10H2,(H,24,25)(H3,22,23,26,27,29,30). The SMILES string of the molecule is O=c1ncc2c(NC3CN4CCC3CC4)c(-c3nc4ccccc4[nH]3)c(=O)[nH]c2[nH]1. The van der Waals surface area contributed by atoms with Crippen molar-refractivity contribution in [1.29, 1.82) is 0 Å². The van der Waals surface area contributed by atoms with Gasteiger partial charge in [-0.1, -0.05) is 12.1 Å². The quantitative estimate of drug-likeness (QED) is 0.413. The van der Waals surface area contributed by atoms with Crippen molar-refractivity contribution in [3.63, 3.8) is 0 Å². The number of hydrogen-bond donors (Lipinski definition) is 4. The van der Waals surface area contributed by atoms with Crippen molar-refractivity contribution < 1.29 is 0 Å². The van der Waals surface area contributed by atoms with Gasteiger partial charge in [-0.2, -0.15) is 0 Å². The maximum atomic E-state index is 13.1. The monoisotopic (exact) mass is 403 g/mol. The van der Waals surface area contributed by atoms with E-state index < -0.39 is 5.69 Å². The molecule has 3 fully saturated rings. The number of benzene rings is 1. The molecule has 9 nitrogen and oxygen atoms in total. The molecule has 3 aromatic heterocycles. The van der Waals surface area contributed by atoms with E-state index in [0.29, 0.717) is 34.0 Å². The first-order valence-electron chi connectivity index (χ1n) is 10.2. The Bertz CT molecular complexity index is 1340. The first-order chi connectivity index (χ1) is 14.7. The lowest BCUT2D eigenvalue weighted by atomic mass is 9.84. The molecule has 3 aliphatic rings. The van der Waals surface area contributed by atoms with Crippen molar-refractivity contribution in [3.8, 4) is 11.4 Å². The number of hydrogen-bond acceptors (Lipinski definition) is 6. The van der Waals surface area contributed by atoms with E-state index in [1.54, 1.807) is 0 Å². The van der Waals surface area contributed by atoms with Crippen LogP contribution in [-0.4, -0.2) is 55.5 Å². The van der Waals surface area contributed by atoms with Gasteiger partial charge in [-0.25, -0.2) is 14.8 Å². The third kappa shape index (κ3) is 2.73. The first kappa shape index (κ1) is 17.4. The van der Waals surface area contributed by atoms with Crippen LogP contribution < -0.4 is 16.6 Å². The summed E-state index contributed by atoms with van der Waals surface area (Å²) in [6.07, 6.45) is 3.81. The molecule has 0 saturated carbocycles. The summed E-state index contributed by atoms with van der Waals surface area (Å²) in [6, 6.07) is 7.91. The third-order valence-corrected chi connectivity index (χ3v) is 6.41. The van der Waals surface area contributed by atoms with Crippen LogP contribution in [0.15, 0.2) is 40.1 Å². The fourth-order valence-corrected chi connectivity index (χ4v) is 4.87. The van der Waals surface area contributed by atoms with Crippen LogP contribution in [0.2, 0.25) is 0 Å². The average molecular weight is 403 g/mol. The first-order valence-corrected chi connectivity index (χ1v) is 10.2. The van der Waals surface area contributed by atoms with Crippen LogP contribution in [-0.2, 0) is 0 Å². The Morgan fingerprint density at radius 2 is 1.90 bits per heavy atom. The van der Waals surface area contributed by atoms with Gasteiger partial charge in [0.2, 0.25) is 0 Å². The molecule has 0 radical (unpaired) electrons. The van der Waals surface area contributed by atoms with Crippen LogP contribution in [0, 0.1) is 5.92 Å². The Morgan fingerprint density at radius 3 is 2.67 bits per heavy atom. The summed E-state index contributed by atoms with van der Waals surface area (Å²) in [6.45, 7) is 3.20. The smallest absolute Gasteiger partial charge is 0.346 e. The summed E-state index contributed by atoms with van der Waals surface area (Å²) in [5.41, 5.74) is 2.30. The summed E-state index contributed by atoms with van der Waals surface area (Å²) in [5, 5.41) is 4.31. The minimum atomic E-state index is -0.497. The molecule has 0 amide bonds. The number of anilines is 1. The minimum absolute atomic E-state index is 0.229. The zero-order valence-corrected chi connectivity index (χ0v) is 16.2. The highest BCUT2D eigenvalue weighted by Crippen LogP contribution is 2.34. The number of nitrogens with one attached hydrogen (secondary N) is 4. The molecule has 1 atom stereocenters. The van der Waals surface area contributed by atoms with E-state index in [1.807, 2.05) is 24.3 Å².